The highest BCUT2D eigenvalue weighted by molar-refractivity contribution is 4.89. The Morgan fingerprint density at radius 2 is 1.90 bits per heavy atom. The van der Waals surface area contributed by atoms with Crippen molar-refractivity contribution in [2.45, 2.75) is 71.9 Å². The Bertz CT molecular complexity index is 249. The molecule has 1 N–H and O–H groups in total. The summed E-state index contributed by atoms with van der Waals surface area (Å²) in [6.45, 7) is 13.6. The van der Waals surface area contributed by atoms with E-state index < -0.39 is 0 Å². The Morgan fingerprint density at radius 3 is 2.35 bits per heavy atom. The summed E-state index contributed by atoms with van der Waals surface area (Å²) in [4.78, 5) is 2.63. The lowest BCUT2D eigenvalue weighted by atomic mass is 9.81. The van der Waals surface area contributed by atoms with Gasteiger partial charge in [-0.2, -0.15) is 0 Å². The zero-order chi connectivity index (χ0) is 15.0. The van der Waals surface area contributed by atoms with E-state index in [0.717, 1.165) is 19.2 Å². The van der Waals surface area contributed by atoms with Crippen LogP contribution in [0.1, 0.15) is 59.8 Å². The van der Waals surface area contributed by atoms with Crippen molar-refractivity contribution in [2.24, 2.45) is 5.41 Å². The van der Waals surface area contributed by atoms with Gasteiger partial charge in [0.2, 0.25) is 0 Å². The fourth-order valence-corrected chi connectivity index (χ4v) is 2.78. The molecule has 3 nitrogen and oxygen atoms in total. The summed E-state index contributed by atoms with van der Waals surface area (Å²) in [7, 11) is 1.80. The molecule has 0 aromatic rings. The minimum absolute atomic E-state index is 0.416. The third-order valence-electron chi connectivity index (χ3n) is 5.18. The van der Waals surface area contributed by atoms with Gasteiger partial charge >= 0.3 is 0 Å². The van der Waals surface area contributed by atoms with E-state index in [1.807, 2.05) is 0 Å². The number of hydrogen-bond acceptors (Lipinski definition) is 3. The minimum Gasteiger partial charge on any atom is -0.383 e. The van der Waals surface area contributed by atoms with Gasteiger partial charge < -0.3 is 10.1 Å². The predicted octanol–water partition coefficient (Wildman–Crippen LogP) is 3.29. The van der Waals surface area contributed by atoms with Gasteiger partial charge in [0.25, 0.3) is 0 Å². The number of rotatable bonds is 12. The van der Waals surface area contributed by atoms with E-state index in [1.54, 1.807) is 7.11 Å². The Balaban J connectivity index is 2.60. The average Bonchev–Trinajstić information content (AvgIpc) is 3.30. The second-order valence-corrected chi connectivity index (χ2v) is 6.58. The molecule has 0 aliphatic heterocycles. The van der Waals surface area contributed by atoms with Crippen LogP contribution in [0.2, 0.25) is 0 Å². The molecule has 0 radical (unpaired) electrons. The maximum Gasteiger partial charge on any atom is 0.0589 e. The van der Waals surface area contributed by atoms with E-state index in [1.165, 1.54) is 45.2 Å². The third-order valence-corrected chi connectivity index (χ3v) is 5.18. The first-order chi connectivity index (χ1) is 9.60. The molecule has 0 saturated heterocycles. The SMILES string of the molecule is CCC(C)N(CCOC)CC(CC)(CC)CNC1CC1. The van der Waals surface area contributed by atoms with E-state index in [9.17, 15) is 0 Å². The summed E-state index contributed by atoms with van der Waals surface area (Å²) in [5.41, 5.74) is 0.416. The Labute approximate surface area is 126 Å². The van der Waals surface area contributed by atoms with E-state index in [4.69, 9.17) is 4.74 Å². The molecule has 1 saturated carbocycles. The fraction of sp³-hybridized carbons (Fsp3) is 1.00. The van der Waals surface area contributed by atoms with Gasteiger partial charge in [0.05, 0.1) is 6.61 Å². The van der Waals surface area contributed by atoms with Crippen LogP contribution in [0, 0.1) is 5.41 Å². The van der Waals surface area contributed by atoms with Gasteiger partial charge in [0, 0.05) is 38.8 Å². The molecule has 120 valence electrons. The van der Waals surface area contributed by atoms with Crippen molar-refractivity contribution in [3.8, 4) is 0 Å². The fourth-order valence-electron chi connectivity index (χ4n) is 2.78. The van der Waals surface area contributed by atoms with Crippen molar-refractivity contribution in [3.05, 3.63) is 0 Å². The summed E-state index contributed by atoms with van der Waals surface area (Å²) in [5, 5.41) is 3.76. The first-order valence-electron chi connectivity index (χ1n) is 8.57. The van der Waals surface area contributed by atoms with Crippen LogP contribution in [0.4, 0.5) is 0 Å². The molecule has 1 aliphatic carbocycles. The molecular formula is C17H36N2O. The standard InChI is InChI=1S/C17H36N2O/c1-6-15(4)19(11-12-20-5)14-17(7-2,8-3)13-18-16-9-10-16/h15-16,18H,6-14H2,1-5H3. The summed E-state index contributed by atoms with van der Waals surface area (Å²) in [6, 6.07) is 1.45. The first kappa shape index (κ1) is 17.9. The van der Waals surface area contributed by atoms with Crippen LogP contribution in [-0.4, -0.2) is 50.3 Å². The second kappa shape index (κ2) is 9.01. The van der Waals surface area contributed by atoms with Crippen LogP contribution in [0.15, 0.2) is 0 Å². The number of hydrogen-bond donors (Lipinski definition) is 1. The molecule has 20 heavy (non-hydrogen) atoms. The number of methoxy groups -OCH3 is 1. The van der Waals surface area contributed by atoms with Gasteiger partial charge in [-0.3, -0.25) is 4.90 Å². The predicted molar refractivity (Wildman–Crippen MR) is 87.2 cm³/mol. The summed E-state index contributed by atoms with van der Waals surface area (Å²) in [6.07, 6.45) is 6.47. The molecule has 1 unspecified atom stereocenters. The van der Waals surface area contributed by atoms with Crippen LogP contribution in [0.3, 0.4) is 0 Å². The normalized spacial score (nSPS) is 17.7. The molecule has 0 aromatic carbocycles. The van der Waals surface area contributed by atoms with Crippen molar-refractivity contribution >= 4 is 0 Å². The molecule has 1 rings (SSSR count). The second-order valence-electron chi connectivity index (χ2n) is 6.58. The molecule has 0 spiro atoms. The molecule has 1 fully saturated rings. The molecule has 0 bridgehead atoms. The Morgan fingerprint density at radius 1 is 1.25 bits per heavy atom. The lowest BCUT2D eigenvalue weighted by Crippen LogP contribution is -2.47. The van der Waals surface area contributed by atoms with Crippen molar-refractivity contribution in [3.63, 3.8) is 0 Å². The van der Waals surface area contributed by atoms with Crippen LogP contribution in [0.5, 0.6) is 0 Å². The highest BCUT2D eigenvalue weighted by Gasteiger charge is 2.32. The van der Waals surface area contributed by atoms with Gasteiger partial charge in [-0.25, -0.2) is 0 Å². The average molecular weight is 284 g/mol. The quantitative estimate of drug-likeness (QED) is 0.595. The number of nitrogens with one attached hydrogen (secondary N) is 1. The van der Waals surface area contributed by atoms with Crippen LogP contribution >= 0.6 is 0 Å². The Kier molecular flexibility index (Phi) is 8.08. The molecule has 0 heterocycles. The number of nitrogens with zero attached hydrogens (tertiary/aromatic N) is 1. The highest BCUT2D eigenvalue weighted by Crippen LogP contribution is 2.30. The van der Waals surface area contributed by atoms with E-state index in [-0.39, 0.29) is 0 Å². The summed E-state index contributed by atoms with van der Waals surface area (Å²) >= 11 is 0. The molecular weight excluding hydrogens is 248 g/mol. The van der Waals surface area contributed by atoms with Gasteiger partial charge in [-0.1, -0.05) is 20.8 Å². The topological polar surface area (TPSA) is 24.5 Å². The van der Waals surface area contributed by atoms with Crippen molar-refractivity contribution in [2.75, 3.05) is 33.4 Å². The molecule has 1 aliphatic rings. The Hall–Kier alpha value is -0.120. The minimum atomic E-state index is 0.416. The van der Waals surface area contributed by atoms with E-state index in [0.29, 0.717) is 11.5 Å². The van der Waals surface area contributed by atoms with Crippen LogP contribution < -0.4 is 5.32 Å². The van der Waals surface area contributed by atoms with Crippen molar-refractivity contribution < 1.29 is 4.74 Å². The molecule has 1 atom stereocenters. The lowest BCUT2D eigenvalue weighted by molar-refractivity contribution is 0.0714. The van der Waals surface area contributed by atoms with Crippen LogP contribution in [-0.2, 0) is 4.74 Å². The van der Waals surface area contributed by atoms with E-state index in [2.05, 4.69) is 37.9 Å². The maximum atomic E-state index is 5.30. The third kappa shape index (κ3) is 5.71. The van der Waals surface area contributed by atoms with Gasteiger partial charge in [0.1, 0.15) is 0 Å². The zero-order valence-electron chi connectivity index (χ0n) is 14.4. The number of ether oxygens (including phenoxy) is 1. The monoisotopic (exact) mass is 284 g/mol. The first-order valence-corrected chi connectivity index (χ1v) is 8.57. The molecule has 0 amide bonds. The lowest BCUT2D eigenvalue weighted by Gasteiger charge is -2.40. The summed E-state index contributed by atoms with van der Waals surface area (Å²) in [5.74, 6) is 0. The maximum absolute atomic E-state index is 5.30. The molecule has 3 heteroatoms. The molecule has 0 aromatic heterocycles. The van der Waals surface area contributed by atoms with Gasteiger partial charge in [-0.05, 0) is 44.4 Å². The summed E-state index contributed by atoms with van der Waals surface area (Å²) < 4.78 is 5.30. The van der Waals surface area contributed by atoms with Crippen molar-refractivity contribution in [1.82, 2.24) is 10.2 Å². The largest absolute Gasteiger partial charge is 0.383 e. The van der Waals surface area contributed by atoms with Gasteiger partial charge in [-0.15, -0.1) is 0 Å². The highest BCUT2D eigenvalue weighted by atomic mass is 16.5. The van der Waals surface area contributed by atoms with Gasteiger partial charge in [0.15, 0.2) is 0 Å². The zero-order valence-corrected chi connectivity index (χ0v) is 14.4. The van der Waals surface area contributed by atoms with Crippen LogP contribution in [0.25, 0.3) is 0 Å². The van der Waals surface area contributed by atoms with Crippen molar-refractivity contribution in [1.29, 1.82) is 0 Å². The smallest absolute Gasteiger partial charge is 0.0589 e. The van der Waals surface area contributed by atoms with E-state index >= 15 is 0 Å².